The lowest BCUT2D eigenvalue weighted by Gasteiger charge is -2.28. The van der Waals surface area contributed by atoms with E-state index in [9.17, 15) is 9.90 Å². The highest BCUT2D eigenvalue weighted by Crippen LogP contribution is 2.15. The molecule has 0 spiro atoms. The van der Waals surface area contributed by atoms with E-state index < -0.39 is 5.97 Å². The summed E-state index contributed by atoms with van der Waals surface area (Å²) < 4.78 is 0. The van der Waals surface area contributed by atoms with Crippen LogP contribution < -0.4 is 0 Å². The second-order valence-electron chi connectivity index (χ2n) is 6.86. The van der Waals surface area contributed by atoms with Crippen molar-refractivity contribution in [3.05, 3.63) is 0 Å². The fourth-order valence-corrected chi connectivity index (χ4v) is 3.08. The quantitative estimate of drug-likeness (QED) is 0.339. The van der Waals surface area contributed by atoms with E-state index in [2.05, 4.69) is 25.7 Å². The predicted octanol–water partition coefficient (Wildman–Crippen LogP) is 5.87. The average Bonchev–Trinajstić information content (AvgIpc) is 2.54. The number of aliphatic carboxylic acids is 1. The third kappa shape index (κ3) is 12.5. The molecule has 3 heteroatoms. The van der Waals surface area contributed by atoms with Crippen molar-refractivity contribution in [2.45, 2.75) is 110 Å². The largest absolute Gasteiger partial charge is 0.480 e. The molecule has 138 valence electrons. The predicted molar refractivity (Wildman–Crippen MR) is 100 cm³/mol. The van der Waals surface area contributed by atoms with E-state index in [0.717, 1.165) is 51.6 Å². The van der Waals surface area contributed by atoms with Crippen LogP contribution in [0.4, 0.5) is 0 Å². The Morgan fingerprint density at radius 3 is 1.61 bits per heavy atom. The van der Waals surface area contributed by atoms with Gasteiger partial charge >= 0.3 is 5.97 Å². The first-order valence-electron chi connectivity index (χ1n) is 10.1. The first kappa shape index (κ1) is 22.4. The molecule has 0 radical (unpaired) electrons. The van der Waals surface area contributed by atoms with Gasteiger partial charge < -0.3 is 5.11 Å². The third-order valence-electron chi connectivity index (χ3n) is 4.65. The van der Waals surface area contributed by atoms with Gasteiger partial charge in [-0.15, -0.1) is 0 Å². The van der Waals surface area contributed by atoms with Crippen LogP contribution in [0.3, 0.4) is 0 Å². The molecule has 0 saturated heterocycles. The van der Waals surface area contributed by atoms with Gasteiger partial charge in [0, 0.05) is 0 Å². The summed E-state index contributed by atoms with van der Waals surface area (Å²) >= 11 is 0. The average molecular weight is 328 g/mol. The molecule has 0 amide bonds. The van der Waals surface area contributed by atoms with Crippen LogP contribution >= 0.6 is 0 Å². The smallest absolute Gasteiger partial charge is 0.320 e. The van der Waals surface area contributed by atoms with Gasteiger partial charge in [-0.25, -0.2) is 0 Å². The molecular weight excluding hydrogens is 286 g/mol. The van der Waals surface area contributed by atoms with Crippen LogP contribution in [-0.2, 0) is 4.79 Å². The molecule has 23 heavy (non-hydrogen) atoms. The maximum atomic E-state index is 11.7. The minimum atomic E-state index is -0.625. The van der Waals surface area contributed by atoms with Gasteiger partial charge in [-0.1, -0.05) is 85.0 Å². The lowest BCUT2D eigenvalue weighted by atomic mass is 10.0. The molecule has 0 aromatic rings. The molecule has 0 aliphatic heterocycles. The van der Waals surface area contributed by atoms with Crippen molar-refractivity contribution < 1.29 is 9.90 Å². The molecule has 0 aliphatic rings. The summed E-state index contributed by atoms with van der Waals surface area (Å²) in [6, 6.07) is -0.270. The molecule has 0 aromatic heterocycles. The monoisotopic (exact) mass is 327 g/mol. The van der Waals surface area contributed by atoms with E-state index in [1.165, 1.54) is 44.9 Å². The van der Waals surface area contributed by atoms with Gasteiger partial charge in [0.15, 0.2) is 0 Å². The van der Waals surface area contributed by atoms with Crippen molar-refractivity contribution in [1.29, 1.82) is 0 Å². The van der Waals surface area contributed by atoms with Crippen LogP contribution in [0, 0.1) is 0 Å². The van der Waals surface area contributed by atoms with Crippen molar-refractivity contribution in [3.8, 4) is 0 Å². The van der Waals surface area contributed by atoms with Crippen LogP contribution in [0.25, 0.3) is 0 Å². The van der Waals surface area contributed by atoms with Crippen LogP contribution in [0.15, 0.2) is 0 Å². The minimum Gasteiger partial charge on any atom is -0.480 e. The molecule has 0 aromatic carbocycles. The molecule has 1 atom stereocenters. The number of unbranched alkanes of at least 4 members (excludes halogenated alkanes) is 9. The van der Waals surface area contributed by atoms with Crippen molar-refractivity contribution in [1.82, 2.24) is 4.90 Å². The Morgan fingerprint density at radius 1 is 0.739 bits per heavy atom. The van der Waals surface area contributed by atoms with Crippen LogP contribution in [0.2, 0.25) is 0 Å². The third-order valence-corrected chi connectivity index (χ3v) is 4.65. The lowest BCUT2D eigenvalue weighted by molar-refractivity contribution is -0.143. The van der Waals surface area contributed by atoms with E-state index in [-0.39, 0.29) is 6.04 Å². The first-order valence-corrected chi connectivity index (χ1v) is 10.1. The molecule has 0 rings (SSSR count). The molecule has 3 nitrogen and oxygen atoms in total. The Kier molecular flexibility index (Phi) is 15.9. The molecule has 1 N–H and O–H groups in total. The maximum Gasteiger partial charge on any atom is 0.320 e. The normalized spacial score (nSPS) is 12.7. The van der Waals surface area contributed by atoms with Crippen molar-refractivity contribution in [2.75, 3.05) is 13.1 Å². The van der Waals surface area contributed by atoms with Gasteiger partial charge in [-0.05, 0) is 32.4 Å². The van der Waals surface area contributed by atoms with Gasteiger partial charge in [0.05, 0.1) is 0 Å². The Bertz CT molecular complexity index is 260. The van der Waals surface area contributed by atoms with Crippen LogP contribution in [-0.4, -0.2) is 35.1 Å². The summed E-state index contributed by atoms with van der Waals surface area (Å²) in [7, 11) is 0. The number of hydrogen-bond acceptors (Lipinski definition) is 2. The highest BCUT2D eigenvalue weighted by atomic mass is 16.4. The zero-order chi connectivity index (χ0) is 17.3. The number of carbonyl (C=O) groups is 1. The first-order chi connectivity index (χ1) is 11.2. The summed E-state index contributed by atoms with van der Waals surface area (Å²) in [5, 5.41) is 9.60. The minimum absolute atomic E-state index is 0.270. The van der Waals surface area contributed by atoms with E-state index in [1.807, 2.05) is 0 Å². The second kappa shape index (κ2) is 16.3. The fraction of sp³-hybridized carbons (Fsp3) is 0.950. The molecular formula is C20H41NO2. The topological polar surface area (TPSA) is 40.5 Å². The molecule has 0 fully saturated rings. The number of carboxylic acid groups (broad SMARTS) is 1. The highest BCUT2D eigenvalue weighted by molar-refractivity contribution is 5.73. The van der Waals surface area contributed by atoms with E-state index in [0.29, 0.717) is 0 Å². The SMILES string of the molecule is CCCCCCCCCCC(C(=O)O)N(CCCC)CCCC. The molecule has 0 heterocycles. The van der Waals surface area contributed by atoms with Crippen molar-refractivity contribution in [3.63, 3.8) is 0 Å². The van der Waals surface area contributed by atoms with E-state index in [4.69, 9.17) is 0 Å². The van der Waals surface area contributed by atoms with Gasteiger partial charge in [-0.2, -0.15) is 0 Å². The van der Waals surface area contributed by atoms with Gasteiger partial charge in [0.25, 0.3) is 0 Å². The van der Waals surface area contributed by atoms with Crippen LogP contribution in [0.5, 0.6) is 0 Å². The summed E-state index contributed by atoms with van der Waals surface area (Å²) in [4.78, 5) is 13.9. The Balaban J connectivity index is 4.07. The van der Waals surface area contributed by atoms with Gasteiger partial charge in [-0.3, -0.25) is 9.69 Å². The zero-order valence-corrected chi connectivity index (χ0v) is 16.0. The molecule has 0 bridgehead atoms. The summed E-state index contributed by atoms with van der Waals surface area (Å²) in [5.41, 5.74) is 0. The highest BCUT2D eigenvalue weighted by Gasteiger charge is 2.24. The van der Waals surface area contributed by atoms with E-state index >= 15 is 0 Å². The summed E-state index contributed by atoms with van der Waals surface area (Å²) in [6.07, 6.45) is 15.5. The fourth-order valence-electron chi connectivity index (χ4n) is 3.08. The van der Waals surface area contributed by atoms with Gasteiger partial charge in [0.1, 0.15) is 6.04 Å². The second-order valence-corrected chi connectivity index (χ2v) is 6.86. The van der Waals surface area contributed by atoms with Crippen molar-refractivity contribution >= 4 is 5.97 Å². The zero-order valence-electron chi connectivity index (χ0n) is 16.0. The number of nitrogens with zero attached hydrogens (tertiary/aromatic N) is 1. The Morgan fingerprint density at radius 2 is 1.17 bits per heavy atom. The molecule has 1 unspecified atom stereocenters. The maximum absolute atomic E-state index is 11.7. The Labute approximate surface area is 144 Å². The Hall–Kier alpha value is -0.570. The van der Waals surface area contributed by atoms with Crippen molar-refractivity contribution in [2.24, 2.45) is 0 Å². The molecule has 0 aliphatic carbocycles. The number of hydrogen-bond donors (Lipinski definition) is 1. The summed E-state index contributed by atoms with van der Waals surface area (Å²) in [6.45, 7) is 8.46. The summed E-state index contributed by atoms with van der Waals surface area (Å²) in [5.74, 6) is -0.625. The van der Waals surface area contributed by atoms with Gasteiger partial charge in [0.2, 0.25) is 0 Å². The molecule has 0 saturated carbocycles. The lowest BCUT2D eigenvalue weighted by Crippen LogP contribution is -2.42. The van der Waals surface area contributed by atoms with E-state index in [1.54, 1.807) is 0 Å². The number of carboxylic acids is 1. The standard InChI is InChI=1S/C20H41NO2/c1-4-7-10-11-12-13-14-15-16-19(20(22)23)21(17-8-5-2)18-9-6-3/h19H,4-18H2,1-3H3,(H,22,23). The van der Waals surface area contributed by atoms with Crippen LogP contribution in [0.1, 0.15) is 104 Å². The number of rotatable bonds is 17.